The molecule has 4 nitrogen and oxygen atoms in total. The number of carbonyl (C=O) groups excluding carboxylic acids is 2. The lowest BCUT2D eigenvalue weighted by molar-refractivity contribution is -0.140. The fourth-order valence-corrected chi connectivity index (χ4v) is 2.22. The van der Waals surface area contributed by atoms with E-state index < -0.39 is 11.8 Å². The van der Waals surface area contributed by atoms with E-state index in [-0.39, 0.29) is 6.04 Å². The minimum Gasteiger partial charge on any atom is -0.348 e. The lowest BCUT2D eigenvalue weighted by Gasteiger charge is -2.29. The van der Waals surface area contributed by atoms with Crippen LogP contribution in [0.1, 0.15) is 52.4 Å². The summed E-state index contributed by atoms with van der Waals surface area (Å²) in [6.07, 6.45) is 6.45. The van der Waals surface area contributed by atoms with Gasteiger partial charge < -0.3 is 10.6 Å². The number of nitrogens with one attached hydrogen (secondary N) is 2. The van der Waals surface area contributed by atoms with Gasteiger partial charge in [-0.05, 0) is 25.2 Å². The molecule has 0 radical (unpaired) electrons. The van der Waals surface area contributed by atoms with Crippen molar-refractivity contribution in [1.29, 1.82) is 0 Å². The smallest absolute Gasteiger partial charge is 0.309 e. The van der Waals surface area contributed by atoms with Crippen molar-refractivity contribution in [2.45, 2.75) is 58.4 Å². The van der Waals surface area contributed by atoms with Crippen LogP contribution in [0.4, 0.5) is 0 Å². The van der Waals surface area contributed by atoms with Gasteiger partial charge in [-0.2, -0.15) is 0 Å². The summed E-state index contributed by atoms with van der Waals surface area (Å²) >= 11 is 0. The molecule has 2 N–H and O–H groups in total. The van der Waals surface area contributed by atoms with Gasteiger partial charge in [0.1, 0.15) is 0 Å². The Morgan fingerprint density at radius 3 is 2.53 bits per heavy atom. The van der Waals surface area contributed by atoms with E-state index in [9.17, 15) is 9.59 Å². The molecule has 2 amide bonds. The maximum atomic E-state index is 11.6. The summed E-state index contributed by atoms with van der Waals surface area (Å²) in [5.41, 5.74) is 0. The summed E-state index contributed by atoms with van der Waals surface area (Å²) in [6, 6.07) is 0.174. The van der Waals surface area contributed by atoms with Crippen LogP contribution in [0, 0.1) is 5.92 Å². The van der Waals surface area contributed by atoms with Crippen LogP contribution in [-0.2, 0) is 9.59 Å². The van der Waals surface area contributed by atoms with Crippen molar-refractivity contribution in [2.75, 3.05) is 6.54 Å². The molecule has 1 aliphatic rings. The minimum atomic E-state index is -0.490. The Hall–Kier alpha value is -1.06. The first-order valence-electron chi connectivity index (χ1n) is 6.73. The molecule has 0 saturated heterocycles. The number of hydrogen-bond acceptors (Lipinski definition) is 2. The van der Waals surface area contributed by atoms with Crippen molar-refractivity contribution in [3.05, 3.63) is 0 Å². The maximum Gasteiger partial charge on any atom is 0.309 e. The molecule has 0 bridgehead atoms. The van der Waals surface area contributed by atoms with Crippen LogP contribution in [0.15, 0.2) is 0 Å². The standard InChI is InChI=1S/C13H24N2O2/c1-3-4-9-14-12(16)13(17)15-11-8-6-5-7-10(11)2/h10-11H,3-9H2,1-2H3,(H,14,16)(H,15,17)/t10-,11+/m0/s1. The van der Waals surface area contributed by atoms with Crippen LogP contribution in [-0.4, -0.2) is 24.4 Å². The fraction of sp³-hybridized carbons (Fsp3) is 0.846. The Morgan fingerprint density at radius 2 is 1.88 bits per heavy atom. The van der Waals surface area contributed by atoms with E-state index in [1.165, 1.54) is 6.42 Å². The zero-order valence-electron chi connectivity index (χ0n) is 10.9. The average Bonchev–Trinajstić information content (AvgIpc) is 2.32. The second-order valence-electron chi connectivity index (χ2n) is 4.95. The molecule has 0 unspecified atom stereocenters. The zero-order valence-corrected chi connectivity index (χ0v) is 10.9. The highest BCUT2D eigenvalue weighted by molar-refractivity contribution is 6.35. The monoisotopic (exact) mass is 240 g/mol. The zero-order chi connectivity index (χ0) is 12.7. The quantitative estimate of drug-likeness (QED) is 0.579. The minimum absolute atomic E-state index is 0.174. The Balaban J connectivity index is 2.29. The fourth-order valence-electron chi connectivity index (χ4n) is 2.22. The molecule has 98 valence electrons. The highest BCUT2D eigenvalue weighted by atomic mass is 16.2. The lowest BCUT2D eigenvalue weighted by atomic mass is 9.86. The Labute approximate surface area is 104 Å². The molecule has 0 aromatic rings. The van der Waals surface area contributed by atoms with E-state index in [0.717, 1.165) is 32.1 Å². The summed E-state index contributed by atoms with van der Waals surface area (Å²) in [7, 11) is 0. The summed E-state index contributed by atoms with van der Waals surface area (Å²) in [5, 5.41) is 5.48. The summed E-state index contributed by atoms with van der Waals surface area (Å²) < 4.78 is 0. The lowest BCUT2D eigenvalue weighted by Crippen LogP contribution is -2.47. The van der Waals surface area contributed by atoms with Gasteiger partial charge in [-0.25, -0.2) is 0 Å². The van der Waals surface area contributed by atoms with Crippen molar-refractivity contribution in [2.24, 2.45) is 5.92 Å². The van der Waals surface area contributed by atoms with Gasteiger partial charge in [0.15, 0.2) is 0 Å². The van der Waals surface area contributed by atoms with Crippen molar-refractivity contribution in [3.63, 3.8) is 0 Å². The molecule has 0 aromatic heterocycles. The number of unbranched alkanes of at least 4 members (excludes halogenated alkanes) is 1. The van der Waals surface area contributed by atoms with Crippen LogP contribution >= 0.6 is 0 Å². The van der Waals surface area contributed by atoms with Crippen molar-refractivity contribution in [3.8, 4) is 0 Å². The van der Waals surface area contributed by atoms with Gasteiger partial charge >= 0.3 is 11.8 Å². The molecular formula is C13H24N2O2. The predicted molar refractivity (Wildman–Crippen MR) is 67.5 cm³/mol. The third-order valence-electron chi connectivity index (χ3n) is 3.45. The van der Waals surface area contributed by atoms with E-state index in [2.05, 4.69) is 24.5 Å². The third kappa shape index (κ3) is 4.75. The normalized spacial score (nSPS) is 24.1. The van der Waals surface area contributed by atoms with Crippen LogP contribution in [0.3, 0.4) is 0 Å². The van der Waals surface area contributed by atoms with E-state index in [4.69, 9.17) is 0 Å². The molecule has 0 aromatic carbocycles. The van der Waals surface area contributed by atoms with Gasteiger partial charge in [-0.15, -0.1) is 0 Å². The summed E-state index contributed by atoms with van der Waals surface area (Å²) in [6.45, 7) is 4.78. The second-order valence-corrected chi connectivity index (χ2v) is 4.95. The highest BCUT2D eigenvalue weighted by Gasteiger charge is 2.25. The molecule has 0 heterocycles. The number of carbonyl (C=O) groups is 2. The summed E-state index contributed by atoms with van der Waals surface area (Å²) in [5.74, 6) is -0.479. The molecule has 2 atom stereocenters. The largest absolute Gasteiger partial charge is 0.348 e. The van der Waals surface area contributed by atoms with E-state index in [1.807, 2.05) is 0 Å². The number of rotatable bonds is 4. The average molecular weight is 240 g/mol. The Morgan fingerprint density at radius 1 is 1.18 bits per heavy atom. The molecule has 0 spiro atoms. The van der Waals surface area contributed by atoms with Crippen molar-refractivity contribution < 1.29 is 9.59 Å². The van der Waals surface area contributed by atoms with Crippen molar-refractivity contribution >= 4 is 11.8 Å². The van der Waals surface area contributed by atoms with Crippen molar-refractivity contribution in [1.82, 2.24) is 10.6 Å². The first-order valence-corrected chi connectivity index (χ1v) is 6.73. The first-order chi connectivity index (χ1) is 8.15. The topological polar surface area (TPSA) is 58.2 Å². The van der Waals surface area contributed by atoms with Crippen LogP contribution in [0.5, 0.6) is 0 Å². The van der Waals surface area contributed by atoms with Gasteiger partial charge in [0.25, 0.3) is 0 Å². The molecular weight excluding hydrogens is 216 g/mol. The molecule has 1 aliphatic carbocycles. The van der Waals surface area contributed by atoms with Gasteiger partial charge in [0, 0.05) is 12.6 Å². The Kier molecular flexibility index (Phi) is 6.01. The van der Waals surface area contributed by atoms with Gasteiger partial charge in [-0.1, -0.05) is 33.1 Å². The number of amides is 2. The van der Waals surface area contributed by atoms with Crippen LogP contribution in [0.2, 0.25) is 0 Å². The summed E-state index contributed by atoms with van der Waals surface area (Å²) in [4.78, 5) is 23.1. The van der Waals surface area contributed by atoms with Gasteiger partial charge in [0.2, 0.25) is 0 Å². The van der Waals surface area contributed by atoms with Gasteiger partial charge in [-0.3, -0.25) is 9.59 Å². The van der Waals surface area contributed by atoms with Gasteiger partial charge in [0.05, 0.1) is 0 Å². The molecule has 1 fully saturated rings. The van der Waals surface area contributed by atoms with Crippen LogP contribution < -0.4 is 10.6 Å². The second kappa shape index (κ2) is 7.30. The van der Waals surface area contributed by atoms with E-state index in [0.29, 0.717) is 12.5 Å². The molecule has 17 heavy (non-hydrogen) atoms. The molecule has 0 aliphatic heterocycles. The van der Waals surface area contributed by atoms with E-state index >= 15 is 0 Å². The first kappa shape index (κ1) is 14.0. The SMILES string of the molecule is CCCCNC(=O)C(=O)N[C@@H]1CCCC[C@@H]1C. The Bertz CT molecular complexity index is 266. The predicted octanol–water partition coefficient (Wildman–Crippen LogP) is 1.60. The van der Waals surface area contributed by atoms with Crippen LogP contribution in [0.25, 0.3) is 0 Å². The third-order valence-corrected chi connectivity index (χ3v) is 3.45. The highest BCUT2D eigenvalue weighted by Crippen LogP contribution is 2.23. The number of hydrogen-bond donors (Lipinski definition) is 2. The van der Waals surface area contributed by atoms with E-state index in [1.54, 1.807) is 0 Å². The molecule has 1 saturated carbocycles. The maximum absolute atomic E-state index is 11.6. The molecule has 1 rings (SSSR count). The molecule has 4 heteroatoms.